The first-order valence-electron chi connectivity index (χ1n) is 9.89. The van der Waals surface area contributed by atoms with Gasteiger partial charge in [0.05, 0.1) is 17.8 Å². The number of nitrogens with one attached hydrogen (secondary N) is 1. The maximum atomic E-state index is 14.4. The molecule has 1 aliphatic rings. The highest BCUT2D eigenvalue weighted by Crippen LogP contribution is 2.37. The molecule has 3 heterocycles. The van der Waals surface area contributed by atoms with Crippen molar-refractivity contribution >= 4 is 17.6 Å². The fourth-order valence-electron chi connectivity index (χ4n) is 3.64. The third kappa shape index (κ3) is 4.28. The molecule has 0 bridgehead atoms. The Labute approximate surface area is 176 Å². The average molecular weight is 433 g/mol. The Morgan fingerprint density at radius 3 is 2.90 bits per heavy atom. The summed E-state index contributed by atoms with van der Waals surface area (Å²) >= 11 is 0. The number of hydrogen-bond acceptors (Lipinski definition) is 5. The normalized spacial score (nSPS) is 16.7. The second-order valence-corrected chi connectivity index (χ2v) is 8.11. The Bertz CT molecular complexity index is 1120. The van der Waals surface area contributed by atoms with Crippen molar-refractivity contribution in [1.82, 2.24) is 19.9 Å². The molecule has 1 aromatic carbocycles. The van der Waals surface area contributed by atoms with E-state index in [0.717, 1.165) is 18.6 Å². The summed E-state index contributed by atoms with van der Waals surface area (Å²) in [7, 11) is 0. The molecule has 2 aromatic heterocycles. The van der Waals surface area contributed by atoms with Crippen molar-refractivity contribution in [2.24, 2.45) is 0 Å². The molecule has 3 aromatic rings. The zero-order valence-electron chi connectivity index (χ0n) is 17.1. The largest absolute Gasteiger partial charge is 0.413 e. The van der Waals surface area contributed by atoms with E-state index in [4.69, 9.17) is 4.74 Å². The van der Waals surface area contributed by atoms with Crippen molar-refractivity contribution in [1.29, 1.82) is 0 Å². The minimum absolute atomic E-state index is 0.0988. The molecule has 164 valence electrons. The maximum absolute atomic E-state index is 14.4. The number of benzene rings is 1. The zero-order chi connectivity index (χ0) is 22.2. The highest BCUT2D eigenvalue weighted by atomic mass is 19.1. The van der Waals surface area contributed by atoms with Crippen LogP contribution in [0.4, 0.5) is 23.8 Å². The van der Waals surface area contributed by atoms with E-state index >= 15 is 0 Å². The van der Waals surface area contributed by atoms with E-state index in [2.05, 4.69) is 15.4 Å². The number of amides is 1. The van der Waals surface area contributed by atoms with E-state index in [1.54, 1.807) is 12.3 Å². The number of carbonyl (C=O) groups excluding carboxylic acids is 1. The summed E-state index contributed by atoms with van der Waals surface area (Å²) in [6.45, 7) is 2.91. The second-order valence-electron chi connectivity index (χ2n) is 8.11. The van der Waals surface area contributed by atoms with Gasteiger partial charge >= 0.3 is 6.09 Å². The van der Waals surface area contributed by atoms with Crippen molar-refractivity contribution in [2.75, 3.05) is 18.1 Å². The number of aromatic nitrogens is 3. The smallest absolute Gasteiger partial charge is 0.405 e. The number of alkyl halides is 1. The van der Waals surface area contributed by atoms with Gasteiger partial charge in [-0.3, -0.25) is 0 Å². The van der Waals surface area contributed by atoms with E-state index in [1.165, 1.54) is 30.6 Å². The molecular formula is C21H22F3N5O2. The molecule has 0 unspecified atom stereocenters. The topological polar surface area (TPSA) is 71.8 Å². The first-order valence-corrected chi connectivity index (χ1v) is 9.89. The van der Waals surface area contributed by atoms with Crippen LogP contribution in [-0.4, -0.2) is 39.4 Å². The minimum Gasteiger partial charge on any atom is -0.405 e. The summed E-state index contributed by atoms with van der Waals surface area (Å²) < 4.78 is 47.8. The lowest BCUT2D eigenvalue weighted by atomic mass is 10.0. The molecular weight excluding hydrogens is 411 g/mol. The van der Waals surface area contributed by atoms with Crippen LogP contribution in [0.5, 0.6) is 5.75 Å². The monoisotopic (exact) mass is 433 g/mol. The van der Waals surface area contributed by atoms with E-state index in [-0.39, 0.29) is 23.0 Å². The molecule has 1 N–H and O–H groups in total. The van der Waals surface area contributed by atoms with E-state index in [1.807, 2.05) is 4.90 Å². The molecule has 0 radical (unpaired) electrons. The Morgan fingerprint density at radius 2 is 2.13 bits per heavy atom. The third-order valence-corrected chi connectivity index (χ3v) is 5.16. The third-order valence-electron chi connectivity index (χ3n) is 5.16. The SMILES string of the molecule is CC(C)(CF)NC(=O)Oc1cnn2ccc(N3CCC[C@@H]3c3cc(F)ccc3F)nc12. The van der Waals surface area contributed by atoms with E-state index in [9.17, 15) is 18.0 Å². The summed E-state index contributed by atoms with van der Waals surface area (Å²) in [5, 5.41) is 6.54. The van der Waals surface area contributed by atoms with Gasteiger partial charge in [0.2, 0.25) is 5.65 Å². The first-order chi connectivity index (χ1) is 14.8. The van der Waals surface area contributed by atoms with Crippen LogP contribution in [0.25, 0.3) is 5.65 Å². The number of fused-ring (bicyclic) bond motifs is 1. The molecule has 7 nitrogen and oxygen atoms in total. The van der Waals surface area contributed by atoms with Crippen LogP contribution < -0.4 is 15.0 Å². The van der Waals surface area contributed by atoms with Gasteiger partial charge in [-0.25, -0.2) is 27.5 Å². The number of anilines is 1. The first kappa shape index (κ1) is 21.0. The predicted molar refractivity (Wildman–Crippen MR) is 108 cm³/mol. The molecule has 1 saturated heterocycles. The molecule has 1 fully saturated rings. The highest BCUT2D eigenvalue weighted by molar-refractivity contribution is 5.74. The fraction of sp³-hybridized carbons (Fsp3) is 0.381. The van der Waals surface area contributed by atoms with Crippen LogP contribution in [-0.2, 0) is 0 Å². The Balaban J connectivity index is 1.62. The summed E-state index contributed by atoms with van der Waals surface area (Å²) in [6.07, 6.45) is 3.59. The van der Waals surface area contributed by atoms with Gasteiger partial charge in [-0.2, -0.15) is 5.10 Å². The molecule has 0 aliphatic carbocycles. The Morgan fingerprint density at radius 1 is 1.32 bits per heavy atom. The number of nitrogens with zero attached hydrogens (tertiary/aromatic N) is 4. The minimum atomic E-state index is -1.07. The van der Waals surface area contributed by atoms with Crippen LogP contribution in [0.2, 0.25) is 0 Å². The second kappa shape index (κ2) is 8.09. The summed E-state index contributed by atoms with van der Waals surface area (Å²) in [5.74, 6) is -0.351. The van der Waals surface area contributed by atoms with Crippen LogP contribution in [0, 0.1) is 11.6 Å². The van der Waals surface area contributed by atoms with Gasteiger partial charge in [0, 0.05) is 18.3 Å². The molecule has 0 saturated carbocycles. The van der Waals surface area contributed by atoms with Crippen molar-refractivity contribution in [3.05, 3.63) is 53.9 Å². The van der Waals surface area contributed by atoms with Gasteiger partial charge in [-0.1, -0.05) is 0 Å². The van der Waals surface area contributed by atoms with Crippen molar-refractivity contribution in [3.63, 3.8) is 0 Å². The molecule has 1 aliphatic heterocycles. The van der Waals surface area contributed by atoms with Crippen molar-refractivity contribution < 1.29 is 22.7 Å². The summed E-state index contributed by atoms with van der Waals surface area (Å²) in [6, 6.07) is 4.77. The number of hydrogen-bond donors (Lipinski definition) is 1. The highest BCUT2D eigenvalue weighted by Gasteiger charge is 2.30. The number of carbonyl (C=O) groups is 1. The van der Waals surface area contributed by atoms with E-state index in [0.29, 0.717) is 18.8 Å². The quantitative estimate of drug-likeness (QED) is 0.654. The predicted octanol–water partition coefficient (Wildman–Crippen LogP) is 4.19. The number of rotatable bonds is 5. The van der Waals surface area contributed by atoms with Gasteiger partial charge in [-0.05, 0) is 51.0 Å². The lowest BCUT2D eigenvalue weighted by molar-refractivity contribution is 0.182. The zero-order valence-corrected chi connectivity index (χ0v) is 17.1. The Kier molecular flexibility index (Phi) is 5.47. The van der Waals surface area contributed by atoms with Crippen molar-refractivity contribution in [3.8, 4) is 5.75 Å². The van der Waals surface area contributed by atoms with Gasteiger partial charge in [-0.15, -0.1) is 0 Å². The van der Waals surface area contributed by atoms with Crippen molar-refractivity contribution in [2.45, 2.75) is 38.3 Å². The summed E-state index contributed by atoms with van der Waals surface area (Å²) in [4.78, 5) is 18.6. The maximum Gasteiger partial charge on any atom is 0.413 e. The van der Waals surface area contributed by atoms with Gasteiger partial charge in [0.25, 0.3) is 0 Å². The molecule has 1 amide bonds. The van der Waals surface area contributed by atoms with Crippen LogP contribution in [0.3, 0.4) is 0 Å². The molecule has 10 heteroatoms. The van der Waals surface area contributed by atoms with Gasteiger partial charge < -0.3 is 15.0 Å². The van der Waals surface area contributed by atoms with E-state index < -0.39 is 29.9 Å². The van der Waals surface area contributed by atoms with Crippen LogP contribution >= 0.6 is 0 Å². The number of halogens is 3. The van der Waals surface area contributed by atoms with Gasteiger partial charge in [0.1, 0.15) is 24.1 Å². The molecule has 4 rings (SSSR count). The fourth-order valence-corrected chi connectivity index (χ4v) is 3.64. The summed E-state index contributed by atoms with van der Waals surface area (Å²) in [5.41, 5.74) is -0.524. The lowest BCUT2D eigenvalue weighted by Gasteiger charge is -2.26. The van der Waals surface area contributed by atoms with Crippen LogP contribution in [0.15, 0.2) is 36.7 Å². The molecule has 0 spiro atoms. The Hall–Kier alpha value is -3.30. The standard InChI is InChI=1S/C21H22F3N5O2/c1-21(2,12-22)27-20(30)31-17-11-25-29-9-7-18(26-19(17)29)28-8-3-4-16(28)14-10-13(23)5-6-15(14)24/h5-7,9-11,16H,3-4,8,12H2,1-2H3,(H,27,30)/t16-/m1/s1. The molecule has 31 heavy (non-hydrogen) atoms. The van der Waals surface area contributed by atoms with Crippen LogP contribution in [0.1, 0.15) is 38.3 Å². The molecule has 1 atom stereocenters. The average Bonchev–Trinajstić information content (AvgIpc) is 3.36. The number of ether oxygens (including phenoxy) is 1. The lowest BCUT2D eigenvalue weighted by Crippen LogP contribution is -2.46. The van der Waals surface area contributed by atoms with Gasteiger partial charge in [0.15, 0.2) is 5.75 Å².